The number of rotatable bonds is 4. The number of carbonyl (C=O) groups excluding carboxylic acids is 1. The van der Waals surface area contributed by atoms with E-state index in [1.165, 1.54) is 34.6 Å². The van der Waals surface area contributed by atoms with Gasteiger partial charge in [-0.3, -0.25) is 4.79 Å². The largest absolute Gasteiger partial charge is 0.416 e. The summed E-state index contributed by atoms with van der Waals surface area (Å²) in [6.45, 7) is 3.53. The van der Waals surface area contributed by atoms with E-state index in [-0.39, 0.29) is 16.1 Å². The number of hydrogen-bond acceptors (Lipinski definition) is 4. The average Bonchev–Trinajstić information content (AvgIpc) is 2.68. The highest BCUT2D eigenvalue weighted by molar-refractivity contribution is 7.89. The first-order valence-electron chi connectivity index (χ1n) is 9.26. The van der Waals surface area contributed by atoms with E-state index in [1.54, 1.807) is 6.92 Å². The van der Waals surface area contributed by atoms with Crippen molar-refractivity contribution in [1.29, 1.82) is 0 Å². The summed E-state index contributed by atoms with van der Waals surface area (Å²) in [5.74, 6) is -0.678. The molecule has 30 heavy (non-hydrogen) atoms. The van der Waals surface area contributed by atoms with Crippen LogP contribution >= 0.6 is 0 Å². The van der Waals surface area contributed by atoms with Crippen molar-refractivity contribution in [3.05, 3.63) is 59.2 Å². The highest BCUT2D eigenvalue weighted by atomic mass is 32.2. The van der Waals surface area contributed by atoms with Gasteiger partial charge in [0.25, 0.3) is 5.91 Å². The summed E-state index contributed by atoms with van der Waals surface area (Å²) in [5, 5.41) is 2.42. The van der Waals surface area contributed by atoms with E-state index < -0.39 is 27.7 Å². The molecule has 0 aromatic heterocycles. The fourth-order valence-electron chi connectivity index (χ4n) is 3.16. The van der Waals surface area contributed by atoms with E-state index >= 15 is 0 Å². The second kappa shape index (κ2) is 8.37. The number of nitrogens with one attached hydrogen (secondary N) is 1. The van der Waals surface area contributed by atoms with Crippen LogP contribution in [0.25, 0.3) is 0 Å². The molecule has 1 N–H and O–H groups in total. The molecule has 0 unspecified atom stereocenters. The van der Waals surface area contributed by atoms with Crippen molar-refractivity contribution in [2.24, 2.45) is 0 Å². The van der Waals surface area contributed by atoms with E-state index in [2.05, 4.69) is 5.32 Å². The van der Waals surface area contributed by atoms with Gasteiger partial charge in [0.05, 0.1) is 10.5 Å². The second-order valence-electron chi connectivity index (χ2n) is 7.22. The molecule has 2 aromatic rings. The maximum Gasteiger partial charge on any atom is 0.416 e. The van der Waals surface area contributed by atoms with E-state index in [0.29, 0.717) is 31.7 Å². The summed E-state index contributed by atoms with van der Waals surface area (Å²) in [6, 6.07) is 8.50. The van der Waals surface area contributed by atoms with Crippen molar-refractivity contribution in [3.63, 3.8) is 0 Å². The molecule has 1 saturated heterocycles. The van der Waals surface area contributed by atoms with Gasteiger partial charge in [0, 0.05) is 37.4 Å². The van der Waals surface area contributed by atoms with Crippen LogP contribution in [0.3, 0.4) is 0 Å². The monoisotopic (exact) mass is 441 g/mol. The van der Waals surface area contributed by atoms with Gasteiger partial charge in [-0.1, -0.05) is 12.1 Å². The van der Waals surface area contributed by atoms with E-state index in [0.717, 1.165) is 12.1 Å². The van der Waals surface area contributed by atoms with Crippen molar-refractivity contribution in [2.75, 3.05) is 38.5 Å². The quantitative estimate of drug-likeness (QED) is 0.791. The zero-order chi connectivity index (χ0) is 22.1. The zero-order valence-electron chi connectivity index (χ0n) is 16.5. The van der Waals surface area contributed by atoms with Crippen LogP contribution in [0.15, 0.2) is 47.4 Å². The number of piperazine rings is 1. The van der Waals surface area contributed by atoms with Gasteiger partial charge in [-0.2, -0.15) is 17.5 Å². The molecule has 2 aromatic carbocycles. The highest BCUT2D eigenvalue weighted by Gasteiger charge is 2.31. The molecule has 1 aliphatic rings. The van der Waals surface area contributed by atoms with Crippen LogP contribution in [0.2, 0.25) is 0 Å². The molecule has 1 fully saturated rings. The molecule has 0 saturated carbocycles. The number of likely N-dealkylation sites (N-methyl/N-ethyl adjacent to an activating group) is 1. The Morgan fingerprint density at radius 1 is 1.03 bits per heavy atom. The summed E-state index contributed by atoms with van der Waals surface area (Å²) in [6.07, 6.45) is -4.53. The predicted octanol–water partition coefficient (Wildman–Crippen LogP) is 3.20. The first-order valence-corrected chi connectivity index (χ1v) is 10.7. The molecule has 3 rings (SSSR count). The number of anilines is 1. The van der Waals surface area contributed by atoms with Crippen LogP contribution in [-0.2, 0) is 16.2 Å². The van der Waals surface area contributed by atoms with Gasteiger partial charge in [-0.05, 0) is 49.9 Å². The number of aryl methyl sites for hydroxylation is 1. The van der Waals surface area contributed by atoms with Gasteiger partial charge < -0.3 is 10.2 Å². The number of sulfonamides is 1. The van der Waals surface area contributed by atoms with Crippen LogP contribution in [0, 0.1) is 6.92 Å². The molecule has 1 aliphatic heterocycles. The Kier molecular flexibility index (Phi) is 6.21. The summed E-state index contributed by atoms with van der Waals surface area (Å²) >= 11 is 0. The Morgan fingerprint density at radius 2 is 1.70 bits per heavy atom. The minimum Gasteiger partial charge on any atom is -0.322 e. The normalized spacial score (nSPS) is 16.4. The lowest BCUT2D eigenvalue weighted by atomic mass is 10.1. The van der Waals surface area contributed by atoms with Gasteiger partial charge in [0.1, 0.15) is 0 Å². The Morgan fingerprint density at radius 3 is 2.33 bits per heavy atom. The number of halogens is 3. The smallest absolute Gasteiger partial charge is 0.322 e. The topological polar surface area (TPSA) is 69.7 Å². The zero-order valence-corrected chi connectivity index (χ0v) is 17.3. The van der Waals surface area contributed by atoms with E-state index in [4.69, 9.17) is 0 Å². The van der Waals surface area contributed by atoms with Crippen molar-refractivity contribution >= 4 is 21.6 Å². The highest BCUT2D eigenvalue weighted by Crippen LogP contribution is 2.31. The van der Waals surface area contributed by atoms with Gasteiger partial charge in [0.15, 0.2) is 0 Å². The van der Waals surface area contributed by atoms with E-state index in [1.807, 2.05) is 11.9 Å². The molecular formula is C20H22F3N3O3S. The molecule has 0 bridgehead atoms. The van der Waals surface area contributed by atoms with Gasteiger partial charge in [0.2, 0.25) is 10.0 Å². The molecular weight excluding hydrogens is 419 g/mol. The van der Waals surface area contributed by atoms with Gasteiger partial charge >= 0.3 is 6.18 Å². The maximum absolute atomic E-state index is 12.9. The predicted molar refractivity (Wildman–Crippen MR) is 107 cm³/mol. The third-order valence-corrected chi connectivity index (χ3v) is 6.90. The number of nitrogens with zero attached hydrogens (tertiary/aromatic N) is 2. The molecule has 1 heterocycles. The third kappa shape index (κ3) is 4.82. The second-order valence-corrected chi connectivity index (χ2v) is 9.15. The Hall–Kier alpha value is -2.43. The van der Waals surface area contributed by atoms with Crippen LogP contribution in [0.4, 0.5) is 18.9 Å². The van der Waals surface area contributed by atoms with Crippen molar-refractivity contribution in [3.8, 4) is 0 Å². The standard InChI is InChI=1S/C20H22F3N3O3S/c1-14-6-7-17(30(28,29)26-10-8-25(2)9-11-26)13-18(14)19(27)24-16-5-3-4-15(12-16)20(21,22)23/h3-7,12-13H,8-11H2,1-2H3,(H,24,27). The average molecular weight is 441 g/mol. The Labute approximate surface area is 173 Å². The lowest BCUT2D eigenvalue weighted by molar-refractivity contribution is -0.137. The van der Waals surface area contributed by atoms with Crippen molar-refractivity contribution in [1.82, 2.24) is 9.21 Å². The minimum absolute atomic E-state index is 0.0214. The fraction of sp³-hybridized carbons (Fsp3) is 0.350. The number of carbonyl (C=O) groups is 1. The third-order valence-electron chi connectivity index (χ3n) is 5.00. The summed E-state index contributed by atoms with van der Waals surface area (Å²) < 4.78 is 65.9. The summed E-state index contributed by atoms with van der Waals surface area (Å²) in [5.41, 5.74) is -0.315. The van der Waals surface area contributed by atoms with Crippen LogP contribution < -0.4 is 5.32 Å². The number of amides is 1. The first-order chi connectivity index (χ1) is 14.0. The fourth-order valence-corrected chi connectivity index (χ4v) is 4.60. The lowest BCUT2D eigenvalue weighted by Crippen LogP contribution is -2.47. The van der Waals surface area contributed by atoms with Crippen molar-refractivity contribution < 1.29 is 26.4 Å². The number of benzene rings is 2. The number of hydrogen-bond donors (Lipinski definition) is 1. The van der Waals surface area contributed by atoms with Crippen molar-refractivity contribution in [2.45, 2.75) is 18.0 Å². The lowest BCUT2D eigenvalue weighted by Gasteiger charge is -2.31. The molecule has 6 nitrogen and oxygen atoms in total. The first kappa shape index (κ1) is 22.3. The van der Waals surface area contributed by atoms with Crippen LogP contribution in [-0.4, -0.2) is 56.8 Å². The Bertz CT molecular complexity index is 1050. The molecule has 0 spiro atoms. The maximum atomic E-state index is 12.9. The molecule has 10 heteroatoms. The number of alkyl halides is 3. The van der Waals surface area contributed by atoms with Crippen LogP contribution in [0.5, 0.6) is 0 Å². The SMILES string of the molecule is Cc1ccc(S(=O)(=O)N2CCN(C)CC2)cc1C(=O)Nc1cccc(C(F)(F)F)c1. The molecule has 1 amide bonds. The van der Waals surface area contributed by atoms with Gasteiger partial charge in [-0.25, -0.2) is 8.42 Å². The molecule has 0 atom stereocenters. The Balaban J connectivity index is 1.86. The molecule has 162 valence electrons. The summed E-state index contributed by atoms with van der Waals surface area (Å²) in [7, 11) is -1.87. The molecule has 0 aliphatic carbocycles. The summed E-state index contributed by atoms with van der Waals surface area (Å²) in [4.78, 5) is 14.7. The minimum atomic E-state index is -4.53. The molecule has 0 radical (unpaired) electrons. The van der Waals surface area contributed by atoms with E-state index in [9.17, 15) is 26.4 Å². The van der Waals surface area contributed by atoms with Crippen LogP contribution in [0.1, 0.15) is 21.5 Å². The van der Waals surface area contributed by atoms with Gasteiger partial charge in [-0.15, -0.1) is 0 Å².